The lowest BCUT2D eigenvalue weighted by atomic mass is 9.83. The minimum absolute atomic E-state index is 0.310. The molecule has 8 heteroatoms. The third-order valence-corrected chi connectivity index (χ3v) is 7.49. The zero-order valence-electron chi connectivity index (χ0n) is 18.6. The summed E-state index contributed by atoms with van der Waals surface area (Å²) in [4.78, 5) is 10.3. The van der Waals surface area contributed by atoms with Crippen LogP contribution in [-0.4, -0.2) is 81.5 Å². The fraction of sp³-hybridized carbons (Fsp3) is 0.864. The van der Waals surface area contributed by atoms with Gasteiger partial charge in [0.2, 0.25) is 0 Å². The molecule has 1 N–H and O–H groups in total. The van der Waals surface area contributed by atoms with Crippen LogP contribution in [0, 0.1) is 12.8 Å². The smallest absolute Gasteiger partial charge is 0.194 e. The van der Waals surface area contributed by atoms with E-state index < -0.39 is 0 Å². The van der Waals surface area contributed by atoms with E-state index in [1.54, 1.807) is 0 Å². The van der Waals surface area contributed by atoms with Crippen molar-refractivity contribution in [3.8, 4) is 0 Å². The first kappa shape index (κ1) is 20.2. The number of rotatable bonds is 5. The van der Waals surface area contributed by atoms with Crippen LogP contribution in [0.3, 0.4) is 0 Å². The Morgan fingerprint density at radius 1 is 1.13 bits per heavy atom. The van der Waals surface area contributed by atoms with E-state index in [1.165, 1.54) is 45.1 Å². The monoisotopic (exact) mass is 415 g/mol. The van der Waals surface area contributed by atoms with Crippen LogP contribution in [0.1, 0.15) is 56.6 Å². The molecule has 1 aliphatic carbocycles. The van der Waals surface area contributed by atoms with Crippen molar-refractivity contribution in [1.82, 2.24) is 29.9 Å². The van der Waals surface area contributed by atoms with Gasteiger partial charge in [0.05, 0.1) is 6.10 Å². The fourth-order valence-electron chi connectivity index (χ4n) is 5.51. The molecule has 166 valence electrons. The number of nitrogens with one attached hydrogen (secondary N) is 1. The number of aliphatic imine (C=N–C) groups is 1. The highest BCUT2D eigenvalue weighted by molar-refractivity contribution is 5.80. The maximum Gasteiger partial charge on any atom is 0.194 e. The predicted octanol–water partition coefficient (Wildman–Crippen LogP) is 1.70. The van der Waals surface area contributed by atoms with Crippen molar-refractivity contribution in [3.05, 3.63) is 11.6 Å². The second kappa shape index (κ2) is 8.83. The number of piperidine rings is 2. The van der Waals surface area contributed by atoms with Crippen LogP contribution >= 0.6 is 0 Å². The molecule has 0 bridgehead atoms. The molecular formula is C22H37N7O. The number of fused-ring (bicyclic) bond motifs is 1. The Bertz CT molecular complexity index is 753. The second-order valence-corrected chi connectivity index (χ2v) is 9.55. The van der Waals surface area contributed by atoms with Crippen molar-refractivity contribution in [3.63, 3.8) is 0 Å². The molecule has 3 aliphatic heterocycles. The van der Waals surface area contributed by atoms with E-state index in [9.17, 15) is 0 Å². The summed E-state index contributed by atoms with van der Waals surface area (Å²) in [6.07, 6.45) is 9.41. The van der Waals surface area contributed by atoms with Gasteiger partial charge in [0.15, 0.2) is 11.8 Å². The summed E-state index contributed by atoms with van der Waals surface area (Å²) < 4.78 is 7.87. The van der Waals surface area contributed by atoms with Gasteiger partial charge in [-0.2, -0.15) is 0 Å². The van der Waals surface area contributed by atoms with Gasteiger partial charge in [-0.15, -0.1) is 10.2 Å². The van der Waals surface area contributed by atoms with Crippen molar-refractivity contribution in [1.29, 1.82) is 0 Å². The van der Waals surface area contributed by atoms with E-state index in [4.69, 9.17) is 9.73 Å². The molecule has 3 saturated heterocycles. The Morgan fingerprint density at radius 2 is 2.03 bits per heavy atom. The fourth-order valence-corrected chi connectivity index (χ4v) is 5.51. The summed E-state index contributed by atoms with van der Waals surface area (Å²) in [6.45, 7) is 7.79. The molecule has 0 aromatic carbocycles. The predicted molar refractivity (Wildman–Crippen MR) is 116 cm³/mol. The van der Waals surface area contributed by atoms with Gasteiger partial charge in [0.25, 0.3) is 0 Å². The molecule has 4 aliphatic rings. The van der Waals surface area contributed by atoms with E-state index >= 15 is 0 Å². The van der Waals surface area contributed by atoms with Crippen LogP contribution in [0.5, 0.6) is 0 Å². The first-order valence-electron chi connectivity index (χ1n) is 11.9. The summed E-state index contributed by atoms with van der Waals surface area (Å²) in [5.41, 5.74) is 0. The summed E-state index contributed by atoms with van der Waals surface area (Å²) in [7, 11) is 2.01. The molecule has 1 saturated carbocycles. The van der Waals surface area contributed by atoms with Crippen molar-refractivity contribution >= 4 is 5.96 Å². The number of nitrogens with zero attached hydrogens (tertiary/aromatic N) is 6. The molecule has 4 heterocycles. The van der Waals surface area contributed by atoms with Crippen LogP contribution in [0.25, 0.3) is 0 Å². The zero-order chi connectivity index (χ0) is 20.5. The highest BCUT2D eigenvalue weighted by Crippen LogP contribution is 2.38. The molecule has 5 rings (SSSR count). The summed E-state index contributed by atoms with van der Waals surface area (Å²) >= 11 is 0. The van der Waals surface area contributed by atoms with Gasteiger partial charge in [-0.1, -0.05) is 0 Å². The molecule has 0 radical (unpaired) electrons. The normalized spacial score (nSPS) is 30.5. The van der Waals surface area contributed by atoms with Crippen molar-refractivity contribution in [2.24, 2.45) is 18.0 Å². The second-order valence-electron chi connectivity index (χ2n) is 9.55. The van der Waals surface area contributed by atoms with E-state index in [2.05, 4.69) is 25.3 Å². The number of aryl methyl sites for hydroxylation is 1. The van der Waals surface area contributed by atoms with E-state index in [1.807, 2.05) is 18.5 Å². The standard InChI is InChI=1S/C22H37N7O/c1-16-25-26-21(27(16)2)14-24-22(23-13-19-6-4-12-30-19)28-11-9-20-17(15-28)5-3-10-29(20)18-7-8-18/h17-20H,3-15H2,1-2H3,(H,23,24). The molecule has 0 amide bonds. The minimum Gasteiger partial charge on any atom is -0.376 e. The number of hydrogen-bond acceptors (Lipinski definition) is 5. The van der Waals surface area contributed by atoms with Gasteiger partial charge in [-0.05, 0) is 64.3 Å². The van der Waals surface area contributed by atoms with Crippen LogP contribution in [0.4, 0.5) is 0 Å². The van der Waals surface area contributed by atoms with Gasteiger partial charge in [0, 0.05) is 45.4 Å². The molecule has 8 nitrogen and oxygen atoms in total. The summed E-state index contributed by atoms with van der Waals surface area (Å²) in [5.74, 6) is 3.63. The average Bonchev–Trinajstić information content (AvgIpc) is 3.39. The molecule has 1 aromatic heterocycles. The molecule has 4 fully saturated rings. The Morgan fingerprint density at radius 3 is 2.77 bits per heavy atom. The SMILES string of the molecule is Cc1nnc(CN=C(NCC2CCCO2)N2CCC3C(CCCN3C3CC3)C2)n1C. The number of ether oxygens (including phenoxy) is 1. The van der Waals surface area contributed by atoms with Crippen LogP contribution < -0.4 is 5.32 Å². The van der Waals surface area contributed by atoms with Crippen LogP contribution in [0.2, 0.25) is 0 Å². The molecule has 3 unspecified atom stereocenters. The largest absolute Gasteiger partial charge is 0.376 e. The van der Waals surface area contributed by atoms with Crippen molar-refractivity contribution < 1.29 is 4.74 Å². The first-order valence-corrected chi connectivity index (χ1v) is 11.9. The molecule has 1 aromatic rings. The number of hydrogen-bond donors (Lipinski definition) is 1. The Balaban J connectivity index is 1.28. The average molecular weight is 416 g/mol. The number of aromatic nitrogens is 3. The maximum atomic E-state index is 5.84. The third-order valence-electron chi connectivity index (χ3n) is 7.49. The minimum atomic E-state index is 0.310. The molecule has 30 heavy (non-hydrogen) atoms. The Kier molecular flexibility index (Phi) is 5.96. The quantitative estimate of drug-likeness (QED) is 0.583. The lowest BCUT2D eigenvalue weighted by molar-refractivity contribution is 0.0365. The number of guanidine groups is 1. The lowest BCUT2D eigenvalue weighted by Crippen LogP contribution is -2.57. The highest BCUT2D eigenvalue weighted by atomic mass is 16.5. The van der Waals surface area contributed by atoms with Crippen molar-refractivity contribution in [2.75, 3.05) is 32.8 Å². The number of likely N-dealkylation sites (tertiary alicyclic amines) is 2. The summed E-state index contributed by atoms with van der Waals surface area (Å²) in [5, 5.41) is 12.1. The van der Waals surface area contributed by atoms with Gasteiger partial charge >= 0.3 is 0 Å². The van der Waals surface area contributed by atoms with Crippen LogP contribution in [0.15, 0.2) is 4.99 Å². The molecule has 3 atom stereocenters. The topological polar surface area (TPSA) is 70.8 Å². The van der Waals surface area contributed by atoms with Gasteiger partial charge in [0.1, 0.15) is 12.4 Å². The van der Waals surface area contributed by atoms with E-state index in [0.29, 0.717) is 12.6 Å². The first-order chi connectivity index (χ1) is 14.7. The van der Waals surface area contributed by atoms with Crippen molar-refractivity contribution in [2.45, 2.75) is 76.6 Å². The Labute approximate surface area is 180 Å². The third kappa shape index (κ3) is 4.35. The van der Waals surface area contributed by atoms with Crippen LogP contribution in [-0.2, 0) is 18.3 Å². The zero-order valence-corrected chi connectivity index (χ0v) is 18.6. The maximum absolute atomic E-state index is 5.84. The van der Waals surface area contributed by atoms with E-state index in [-0.39, 0.29) is 0 Å². The van der Waals surface area contributed by atoms with E-state index in [0.717, 1.165) is 68.3 Å². The molecule has 0 spiro atoms. The highest BCUT2D eigenvalue weighted by Gasteiger charge is 2.42. The van der Waals surface area contributed by atoms with Gasteiger partial charge in [-0.25, -0.2) is 4.99 Å². The van der Waals surface area contributed by atoms with Gasteiger partial charge < -0.3 is 19.5 Å². The summed E-state index contributed by atoms with van der Waals surface area (Å²) in [6, 6.07) is 1.66. The lowest BCUT2D eigenvalue weighted by Gasteiger charge is -2.48. The molecular weight excluding hydrogens is 378 g/mol. The van der Waals surface area contributed by atoms with Gasteiger partial charge in [-0.3, -0.25) is 4.90 Å². The Hall–Kier alpha value is -1.67.